The molecular formula is C20H15FN6OS. The predicted molar refractivity (Wildman–Crippen MR) is 107 cm³/mol. The van der Waals surface area contributed by atoms with E-state index in [1.54, 1.807) is 35.3 Å². The number of hydrogen-bond donors (Lipinski definition) is 1. The fraction of sp³-hybridized carbons (Fsp3) is 0.0500. The van der Waals surface area contributed by atoms with Crippen LogP contribution in [0.5, 0.6) is 0 Å². The summed E-state index contributed by atoms with van der Waals surface area (Å²) in [5.74, 6) is -0.710. The van der Waals surface area contributed by atoms with E-state index in [9.17, 15) is 9.18 Å². The quantitative estimate of drug-likeness (QED) is 0.388. The molecule has 9 heteroatoms. The Morgan fingerprint density at radius 1 is 1.00 bits per heavy atom. The molecule has 0 bridgehead atoms. The average Bonchev–Trinajstić information content (AvgIpc) is 3.19. The second kappa shape index (κ2) is 8.61. The molecule has 0 aliphatic rings. The molecule has 0 radical (unpaired) electrons. The lowest BCUT2D eigenvalue weighted by atomic mass is 10.2. The van der Waals surface area contributed by atoms with Crippen LogP contribution in [0.4, 0.5) is 10.1 Å². The smallest absolute Gasteiger partial charge is 0.278 e. The molecule has 4 aromatic rings. The summed E-state index contributed by atoms with van der Waals surface area (Å²) in [7, 11) is 0. The maximum atomic E-state index is 13.9. The molecule has 2 aromatic carbocycles. The van der Waals surface area contributed by atoms with Gasteiger partial charge in [-0.1, -0.05) is 47.3 Å². The summed E-state index contributed by atoms with van der Waals surface area (Å²) >= 11 is 1.35. The lowest BCUT2D eigenvalue weighted by molar-refractivity contribution is 0.102. The van der Waals surface area contributed by atoms with Gasteiger partial charge in [-0.3, -0.25) is 4.79 Å². The van der Waals surface area contributed by atoms with Crippen molar-refractivity contribution in [2.75, 3.05) is 5.32 Å². The second-order valence-corrected chi connectivity index (χ2v) is 6.83. The number of halogens is 1. The zero-order chi connectivity index (χ0) is 20.1. The van der Waals surface area contributed by atoms with Crippen molar-refractivity contribution in [3.63, 3.8) is 0 Å². The summed E-state index contributed by atoms with van der Waals surface area (Å²) in [5.41, 5.74) is 1.51. The van der Waals surface area contributed by atoms with Gasteiger partial charge in [0.15, 0.2) is 10.9 Å². The van der Waals surface area contributed by atoms with Crippen molar-refractivity contribution in [1.29, 1.82) is 0 Å². The molecule has 1 N–H and O–H groups in total. The van der Waals surface area contributed by atoms with Gasteiger partial charge in [0.2, 0.25) is 0 Å². The Kier molecular flexibility index (Phi) is 5.57. The minimum atomic E-state index is -0.540. The Morgan fingerprint density at radius 2 is 1.72 bits per heavy atom. The number of para-hydroxylation sites is 2. The Hall–Kier alpha value is -3.59. The molecule has 0 saturated heterocycles. The number of carbonyl (C=O) groups is 1. The minimum absolute atomic E-state index is 0.0803. The van der Waals surface area contributed by atoms with E-state index >= 15 is 0 Å². The molecular weight excluding hydrogens is 391 g/mol. The van der Waals surface area contributed by atoms with E-state index < -0.39 is 11.7 Å². The summed E-state index contributed by atoms with van der Waals surface area (Å²) in [6.07, 6.45) is 3.29. The number of hydrogen-bond acceptors (Lipinski definition) is 6. The van der Waals surface area contributed by atoms with Gasteiger partial charge in [0, 0.05) is 18.1 Å². The van der Waals surface area contributed by atoms with Gasteiger partial charge in [0.1, 0.15) is 5.82 Å². The lowest BCUT2D eigenvalue weighted by Gasteiger charge is -2.08. The highest BCUT2D eigenvalue weighted by atomic mass is 32.2. The van der Waals surface area contributed by atoms with Gasteiger partial charge < -0.3 is 5.32 Å². The maximum absolute atomic E-state index is 13.9. The second-order valence-electron chi connectivity index (χ2n) is 5.89. The number of amides is 1. The van der Waals surface area contributed by atoms with Crippen molar-refractivity contribution in [3.05, 3.63) is 90.3 Å². The Morgan fingerprint density at radius 3 is 2.48 bits per heavy atom. The van der Waals surface area contributed by atoms with Crippen LogP contribution in [0.25, 0.3) is 5.69 Å². The SMILES string of the molecule is O=C(Nc1ccccc1F)c1nnn(-c2ccccc2)c1CSc1ncccn1. The summed E-state index contributed by atoms with van der Waals surface area (Å²) < 4.78 is 15.5. The van der Waals surface area contributed by atoms with Gasteiger partial charge in [0.05, 0.1) is 17.1 Å². The third-order valence-corrected chi connectivity index (χ3v) is 4.87. The fourth-order valence-electron chi connectivity index (χ4n) is 2.62. The Balaban J connectivity index is 1.66. The van der Waals surface area contributed by atoms with E-state index in [0.29, 0.717) is 16.6 Å². The van der Waals surface area contributed by atoms with Crippen LogP contribution in [0.3, 0.4) is 0 Å². The summed E-state index contributed by atoms with van der Waals surface area (Å²) in [6.45, 7) is 0. The van der Waals surface area contributed by atoms with Crippen molar-refractivity contribution in [3.8, 4) is 5.69 Å². The van der Waals surface area contributed by atoms with Crippen molar-refractivity contribution in [2.45, 2.75) is 10.9 Å². The van der Waals surface area contributed by atoms with Crippen LogP contribution in [-0.4, -0.2) is 30.9 Å². The van der Waals surface area contributed by atoms with Crippen molar-refractivity contribution < 1.29 is 9.18 Å². The predicted octanol–water partition coefficient (Wildman–Crippen LogP) is 3.74. The van der Waals surface area contributed by atoms with Crippen molar-refractivity contribution >= 4 is 23.4 Å². The van der Waals surface area contributed by atoms with Crippen LogP contribution in [0.1, 0.15) is 16.2 Å². The summed E-state index contributed by atoms with van der Waals surface area (Å²) in [4.78, 5) is 21.2. The van der Waals surface area contributed by atoms with E-state index in [0.717, 1.165) is 5.69 Å². The largest absolute Gasteiger partial charge is 0.318 e. The molecule has 29 heavy (non-hydrogen) atoms. The number of anilines is 1. The highest BCUT2D eigenvalue weighted by Crippen LogP contribution is 2.23. The Bertz CT molecular complexity index is 1120. The molecule has 2 heterocycles. The molecule has 0 spiro atoms. The summed E-state index contributed by atoms with van der Waals surface area (Å²) in [6, 6.07) is 17.0. The van der Waals surface area contributed by atoms with Gasteiger partial charge in [-0.05, 0) is 30.3 Å². The van der Waals surface area contributed by atoms with E-state index in [2.05, 4.69) is 25.6 Å². The first-order valence-electron chi connectivity index (χ1n) is 8.68. The van der Waals surface area contributed by atoms with Gasteiger partial charge >= 0.3 is 0 Å². The molecule has 144 valence electrons. The molecule has 4 rings (SSSR count). The number of carbonyl (C=O) groups excluding carboxylic acids is 1. The first-order chi connectivity index (χ1) is 14.2. The minimum Gasteiger partial charge on any atom is -0.318 e. The number of aromatic nitrogens is 5. The molecule has 0 unspecified atom stereocenters. The van der Waals surface area contributed by atoms with Crippen LogP contribution >= 0.6 is 11.8 Å². The van der Waals surface area contributed by atoms with Gasteiger partial charge in [-0.15, -0.1) is 5.10 Å². The van der Waals surface area contributed by atoms with Gasteiger partial charge in [-0.2, -0.15) is 0 Å². The van der Waals surface area contributed by atoms with Crippen molar-refractivity contribution in [2.24, 2.45) is 0 Å². The average molecular weight is 406 g/mol. The topological polar surface area (TPSA) is 85.6 Å². The van der Waals surface area contributed by atoms with Crippen LogP contribution in [0, 0.1) is 5.82 Å². The first kappa shape index (κ1) is 18.8. The van der Waals surface area contributed by atoms with E-state index in [1.165, 1.54) is 23.9 Å². The maximum Gasteiger partial charge on any atom is 0.278 e. The number of nitrogens with one attached hydrogen (secondary N) is 1. The zero-order valence-electron chi connectivity index (χ0n) is 15.1. The number of rotatable bonds is 6. The molecule has 7 nitrogen and oxygen atoms in total. The highest BCUT2D eigenvalue weighted by molar-refractivity contribution is 7.98. The normalized spacial score (nSPS) is 10.7. The van der Waals surface area contributed by atoms with Crippen LogP contribution in [0.2, 0.25) is 0 Å². The lowest BCUT2D eigenvalue weighted by Crippen LogP contribution is -2.16. The number of nitrogens with zero attached hydrogens (tertiary/aromatic N) is 5. The van der Waals surface area contributed by atoms with E-state index in [1.807, 2.05) is 30.3 Å². The molecule has 1 amide bonds. The van der Waals surface area contributed by atoms with Gasteiger partial charge in [-0.25, -0.2) is 19.0 Å². The first-order valence-corrected chi connectivity index (χ1v) is 9.66. The molecule has 2 aromatic heterocycles. The number of thioether (sulfide) groups is 1. The zero-order valence-corrected chi connectivity index (χ0v) is 15.9. The molecule has 0 aliphatic heterocycles. The standard InChI is InChI=1S/C20H15FN6OS/c21-15-9-4-5-10-16(15)24-19(28)18-17(13-29-20-22-11-6-12-23-20)27(26-25-18)14-7-2-1-3-8-14/h1-12H,13H2,(H,24,28). The Labute approximate surface area is 170 Å². The third kappa shape index (κ3) is 4.30. The monoisotopic (exact) mass is 406 g/mol. The van der Waals surface area contributed by atoms with Gasteiger partial charge in [0.25, 0.3) is 5.91 Å². The van der Waals surface area contributed by atoms with Crippen molar-refractivity contribution in [1.82, 2.24) is 25.0 Å². The molecule has 0 fully saturated rings. The molecule has 0 aliphatic carbocycles. The van der Waals surface area contributed by atoms with E-state index in [4.69, 9.17) is 0 Å². The molecule has 0 atom stereocenters. The van der Waals surface area contributed by atoms with Crippen LogP contribution in [0.15, 0.2) is 78.2 Å². The molecule has 0 saturated carbocycles. The highest BCUT2D eigenvalue weighted by Gasteiger charge is 2.22. The van der Waals surface area contributed by atoms with Crippen LogP contribution < -0.4 is 5.32 Å². The fourth-order valence-corrected chi connectivity index (χ4v) is 3.42. The van der Waals surface area contributed by atoms with Crippen LogP contribution in [-0.2, 0) is 5.75 Å². The third-order valence-electron chi connectivity index (χ3n) is 3.98. The number of benzene rings is 2. The van der Waals surface area contributed by atoms with E-state index in [-0.39, 0.29) is 11.4 Å². The summed E-state index contributed by atoms with van der Waals surface area (Å²) in [5, 5.41) is 11.3.